The molecule has 0 aromatic heterocycles. The van der Waals surface area contributed by atoms with Crippen LogP contribution in [-0.2, 0) is 4.74 Å². The Hall–Kier alpha value is -0.160. The van der Waals surface area contributed by atoms with Crippen LogP contribution in [-0.4, -0.2) is 55.0 Å². The van der Waals surface area contributed by atoms with Crippen LogP contribution in [0.3, 0.4) is 0 Å². The fourth-order valence-electron chi connectivity index (χ4n) is 2.12. The molecule has 1 rings (SSSR count). The first-order valence-corrected chi connectivity index (χ1v) is 6.21. The van der Waals surface area contributed by atoms with Crippen molar-refractivity contribution >= 4 is 0 Å². The third kappa shape index (κ3) is 4.01. The van der Waals surface area contributed by atoms with Crippen LogP contribution in [0.1, 0.15) is 26.7 Å². The van der Waals surface area contributed by atoms with Gasteiger partial charge in [-0.25, -0.2) is 0 Å². The van der Waals surface area contributed by atoms with Gasteiger partial charge in [-0.2, -0.15) is 0 Å². The average Bonchev–Trinajstić information content (AvgIpc) is 3.01. The zero-order chi connectivity index (χ0) is 12.1. The van der Waals surface area contributed by atoms with Crippen LogP contribution < -0.4 is 5.73 Å². The quantitative estimate of drug-likeness (QED) is 0.635. The zero-order valence-corrected chi connectivity index (χ0v) is 10.7. The summed E-state index contributed by atoms with van der Waals surface area (Å²) in [7, 11) is 1.65. The van der Waals surface area contributed by atoms with E-state index >= 15 is 0 Å². The van der Waals surface area contributed by atoms with Gasteiger partial charge >= 0.3 is 0 Å². The first kappa shape index (κ1) is 13.9. The molecule has 2 atom stereocenters. The largest absolute Gasteiger partial charge is 0.395 e. The Morgan fingerprint density at radius 3 is 2.44 bits per heavy atom. The van der Waals surface area contributed by atoms with Crippen molar-refractivity contribution in [1.29, 1.82) is 0 Å². The molecule has 0 spiro atoms. The minimum Gasteiger partial charge on any atom is -0.395 e. The molecule has 4 nitrogen and oxygen atoms in total. The Balaban J connectivity index is 2.55. The van der Waals surface area contributed by atoms with E-state index in [-0.39, 0.29) is 18.7 Å². The SMILES string of the molecule is COCC(N)C(CO)N(CC1CC1)C(C)C. The van der Waals surface area contributed by atoms with Crippen molar-refractivity contribution in [2.24, 2.45) is 11.7 Å². The fraction of sp³-hybridized carbons (Fsp3) is 1.00. The molecular formula is C12H26N2O2. The van der Waals surface area contributed by atoms with E-state index in [1.165, 1.54) is 12.8 Å². The minimum absolute atomic E-state index is 0.0144. The summed E-state index contributed by atoms with van der Waals surface area (Å²) in [6.07, 6.45) is 2.64. The summed E-state index contributed by atoms with van der Waals surface area (Å²) in [6.45, 7) is 5.98. The number of rotatable bonds is 8. The molecule has 2 unspecified atom stereocenters. The summed E-state index contributed by atoms with van der Waals surface area (Å²) >= 11 is 0. The summed E-state index contributed by atoms with van der Waals surface area (Å²) in [5.41, 5.74) is 6.05. The van der Waals surface area contributed by atoms with Crippen molar-refractivity contribution < 1.29 is 9.84 Å². The molecule has 1 aliphatic carbocycles. The number of nitrogens with zero attached hydrogens (tertiary/aromatic N) is 1. The molecule has 0 aliphatic heterocycles. The van der Waals surface area contributed by atoms with Gasteiger partial charge in [0.25, 0.3) is 0 Å². The summed E-state index contributed by atoms with van der Waals surface area (Å²) in [5.74, 6) is 0.811. The van der Waals surface area contributed by atoms with Gasteiger partial charge in [-0.15, -0.1) is 0 Å². The number of ether oxygens (including phenoxy) is 1. The van der Waals surface area contributed by atoms with Gasteiger partial charge in [0.05, 0.1) is 19.3 Å². The lowest BCUT2D eigenvalue weighted by Gasteiger charge is -2.37. The van der Waals surface area contributed by atoms with E-state index < -0.39 is 0 Å². The summed E-state index contributed by atoms with van der Waals surface area (Å²) in [6, 6.07) is 0.317. The Labute approximate surface area is 98.8 Å². The normalized spacial score (nSPS) is 20.4. The van der Waals surface area contributed by atoms with Gasteiger partial charge in [0.15, 0.2) is 0 Å². The maximum atomic E-state index is 9.50. The molecule has 0 heterocycles. The zero-order valence-electron chi connectivity index (χ0n) is 10.7. The second-order valence-electron chi connectivity index (χ2n) is 5.10. The molecule has 0 aromatic carbocycles. The Morgan fingerprint density at radius 2 is 2.06 bits per heavy atom. The molecule has 1 aliphatic rings. The van der Waals surface area contributed by atoms with Crippen molar-refractivity contribution in [2.75, 3.05) is 26.9 Å². The van der Waals surface area contributed by atoms with Gasteiger partial charge in [-0.05, 0) is 32.6 Å². The predicted molar refractivity (Wildman–Crippen MR) is 65.3 cm³/mol. The van der Waals surface area contributed by atoms with E-state index in [9.17, 15) is 5.11 Å². The molecule has 3 N–H and O–H groups in total. The third-order valence-corrected chi connectivity index (χ3v) is 3.30. The van der Waals surface area contributed by atoms with Gasteiger partial charge in [0.2, 0.25) is 0 Å². The molecule has 0 amide bonds. The number of methoxy groups -OCH3 is 1. The number of aliphatic hydroxyl groups excluding tert-OH is 1. The maximum absolute atomic E-state index is 9.50. The molecule has 0 saturated heterocycles. The molecule has 96 valence electrons. The molecule has 1 saturated carbocycles. The van der Waals surface area contributed by atoms with E-state index in [0.29, 0.717) is 12.6 Å². The van der Waals surface area contributed by atoms with Gasteiger partial charge in [-0.1, -0.05) is 0 Å². The first-order valence-electron chi connectivity index (χ1n) is 6.21. The Morgan fingerprint density at radius 1 is 1.44 bits per heavy atom. The van der Waals surface area contributed by atoms with Gasteiger partial charge in [0.1, 0.15) is 0 Å². The number of nitrogens with two attached hydrogens (primary N) is 1. The maximum Gasteiger partial charge on any atom is 0.0629 e. The molecule has 4 heteroatoms. The summed E-state index contributed by atoms with van der Waals surface area (Å²) < 4.78 is 5.07. The lowest BCUT2D eigenvalue weighted by atomic mass is 10.1. The molecular weight excluding hydrogens is 204 g/mol. The van der Waals surface area contributed by atoms with Crippen molar-refractivity contribution in [3.63, 3.8) is 0 Å². The van der Waals surface area contributed by atoms with Crippen molar-refractivity contribution in [1.82, 2.24) is 4.90 Å². The summed E-state index contributed by atoms with van der Waals surface area (Å²) in [5, 5.41) is 9.50. The third-order valence-electron chi connectivity index (χ3n) is 3.30. The van der Waals surface area contributed by atoms with Crippen LogP contribution >= 0.6 is 0 Å². The fourth-order valence-corrected chi connectivity index (χ4v) is 2.12. The van der Waals surface area contributed by atoms with Crippen molar-refractivity contribution in [2.45, 2.75) is 44.8 Å². The van der Waals surface area contributed by atoms with Crippen LogP contribution in [0.5, 0.6) is 0 Å². The molecule has 0 aromatic rings. The number of hydrogen-bond donors (Lipinski definition) is 2. The van der Waals surface area contributed by atoms with Crippen LogP contribution in [0.25, 0.3) is 0 Å². The van der Waals surface area contributed by atoms with Crippen molar-refractivity contribution in [3.05, 3.63) is 0 Å². The average molecular weight is 230 g/mol. The molecule has 0 radical (unpaired) electrons. The van der Waals surface area contributed by atoms with Gasteiger partial charge in [0, 0.05) is 25.7 Å². The smallest absolute Gasteiger partial charge is 0.0629 e. The minimum atomic E-state index is -0.115. The highest BCUT2D eigenvalue weighted by Gasteiger charge is 2.32. The van der Waals surface area contributed by atoms with Crippen LogP contribution in [0.4, 0.5) is 0 Å². The second-order valence-corrected chi connectivity index (χ2v) is 5.10. The monoisotopic (exact) mass is 230 g/mol. The summed E-state index contributed by atoms with van der Waals surface area (Å²) in [4.78, 5) is 2.32. The van der Waals surface area contributed by atoms with Crippen molar-refractivity contribution in [3.8, 4) is 0 Å². The van der Waals surface area contributed by atoms with E-state index in [1.54, 1.807) is 7.11 Å². The topological polar surface area (TPSA) is 58.7 Å². The highest BCUT2D eigenvalue weighted by atomic mass is 16.5. The van der Waals surface area contributed by atoms with E-state index in [2.05, 4.69) is 18.7 Å². The van der Waals surface area contributed by atoms with E-state index in [4.69, 9.17) is 10.5 Å². The van der Waals surface area contributed by atoms with Gasteiger partial charge in [-0.3, -0.25) is 4.90 Å². The molecule has 0 bridgehead atoms. The van der Waals surface area contributed by atoms with Gasteiger partial charge < -0.3 is 15.6 Å². The lowest BCUT2D eigenvalue weighted by molar-refractivity contribution is 0.0490. The predicted octanol–water partition coefficient (Wildman–Crippen LogP) is 0.441. The van der Waals surface area contributed by atoms with E-state index in [0.717, 1.165) is 12.5 Å². The highest BCUT2D eigenvalue weighted by Crippen LogP contribution is 2.31. The van der Waals surface area contributed by atoms with Crippen LogP contribution in [0.15, 0.2) is 0 Å². The van der Waals surface area contributed by atoms with E-state index in [1.807, 2.05) is 0 Å². The standard InChI is InChI=1S/C12H26N2O2/c1-9(2)14(6-10-4-5-10)12(7-15)11(13)8-16-3/h9-12,15H,4-8,13H2,1-3H3. The molecule has 16 heavy (non-hydrogen) atoms. The Kier molecular flexibility index (Phi) is 5.69. The number of hydrogen-bond acceptors (Lipinski definition) is 4. The van der Waals surface area contributed by atoms with Crippen LogP contribution in [0.2, 0.25) is 0 Å². The second kappa shape index (κ2) is 6.55. The first-order chi connectivity index (χ1) is 7.60. The Bertz CT molecular complexity index is 195. The lowest BCUT2D eigenvalue weighted by Crippen LogP contribution is -2.55. The number of aliphatic hydroxyl groups is 1. The van der Waals surface area contributed by atoms with Crippen LogP contribution in [0, 0.1) is 5.92 Å². The highest BCUT2D eigenvalue weighted by molar-refractivity contribution is 4.87. The molecule has 1 fully saturated rings.